The molecule has 198 valence electrons. The van der Waals surface area contributed by atoms with Gasteiger partial charge in [0.2, 0.25) is 5.91 Å². The molecule has 5 aliphatic rings. The van der Waals surface area contributed by atoms with Crippen LogP contribution in [0.5, 0.6) is 0 Å². The number of nitrogens with zero attached hydrogens (tertiary/aromatic N) is 3. The van der Waals surface area contributed by atoms with Crippen LogP contribution in [0, 0.1) is 17.8 Å². The summed E-state index contributed by atoms with van der Waals surface area (Å²) < 4.78 is 0. The molecule has 0 spiro atoms. The van der Waals surface area contributed by atoms with E-state index < -0.39 is 0 Å². The quantitative estimate of drug-likeness (QED) is 0.557. The Balaban J connectivity index is 1.11. The Morgan fingerprint density at radius 1 is 0.897 bits per heavy atom. The standard InChI is InChI=1S/C33H33ClN4O/c34-29-14-11-24(12-15-29)32-30(38-21-26(13-16-31(38)35-32)23-7-3-1-4-8-23)22-36-17-27-19-37(20-28(27)18-36)33(39)25-9-5-2-6-10-25/h1-9,11-16,21,25,27-28,31,35H,10,17-20,22H2. The highest BCUT2D eigenvalue weighted by Crippen LogP contribution is 2.37. The molecule has 1 N–H and O–H groups in total. The Hall–Kier alpha value is -3.54. The van der Waals surface area contributed by atoms with E-state index in [0.29, 0.717) is 17.7 Å². The topological polar surface area (TPSA) is 38.8 Å². The lowest BCUT2D eigenvalue weighted by Gasteiger charge is -2.30. The molecule has 0 bridgehead atoms. The molecule has 1 aliphatic carbocycles. The van der Waals surface area contributed by atoms with Gasteiger partial charge in [-0.1, -0.05) is 84.4 Å². The molecule has 4 unspecified atom stereocenters. The number of hydrogen-bond acceptors (Lipinski definition) is 4. The summed E-state index contributed by atoms with van der Waals surface area (Å²) in [5.74, 6) is 1.39. The van der Waals surface area contributed by atoms with Crippen molar-refractivity contribution in [3.05, 3.63) is 119 Å². The molecule has 0 saturated carbocycles. The average Bonchev–Trinajstić information content (AvgIpc) is 3.66. The number of rotatable bonds is 5. The first-order chi connectivity index (χ1) is 19.1. The summed E-state index contributed by atoms with van der Waals surface area (Å²) in [6, 6.07) is 18.7. The summed E-state index contributed by atoms with van der Waals surface area (Å²) in [5, 5.41) is 4.52. The summed E-state index contributed by atoms with van der Waals surface area (Å²) in [6.07, 6.45) is 15.9. The zero-order chi connectivity index (χ0) is 26.3. The Kier molecular flexibility index (Phi) is 6.42. The highest BCUT2D eigenvalue weighted by molar-refractivity contribution is 6.30. The summed E-state index contributed by atoms with van der Waals surface area (Å²) in [6.45, 7) is 4.67. The third-order valence-corrected chi connectivity index (χ3v) is 8.97. The van der Waals surface area contributed by atoms with Crippen LogP contribution in [0.25, 0.3) is 11.3 Å². The number of amides is 1. The molecule has 5 nitrogen and oxygen atoms in total. The molecule has 0 aromatic heterocycles. The van der Waals surface area contributed by atoms with Gasteiger partial charge in [-0.15, -0.1) is 0 Å². The van der Waals surface area contributed by atoms with Crippen molar-refractivity contribution in [2.75, 3.05) is 32.7 Å². The van der Waals surface area contributed by atoms with E-state index in [-0.39, 0.29) is 12.1 Å². The van der Waals surface area contributed by atoms with E-state index in [4.69, 9.17) is 11.6 Å². The second-order valence-corrected chi connectivity index (χ2v) is 11.7. The maximum absolute atomic E-state index is 13.1. The number of nitrogens with one attached hydrogen (secondary N) is 1. The van der Waals surface area contributed by atoms with Gasteiger partial charge in [-0.3, -0.25) is 9.69 Å². The number of likely N-dealkylation sites (tertiary alicyclic amines) is 2. The largest absolute Gasteiger partial charge is 0.360 e. The molecule has 39 heavy (non-hydrogen) atoms. The van der Waals surface area contributed by atoms with E-state index in [1.54, 1.807) is 0 Å². The molecule has 2 aromatic carbocycles. The first-order valence-electron chi connectivity index (χ1n) is 14.0. The molecule has 2 fully saturated rings. The van der Waals surface area contributed by atoms with Gasteiger partial charge in [-0.05, 0) is 53.2 Å². The number of carbonyl (C=O) groups is 1. The van der Waals surface area contributed by atoms with Crippen molar-refractivity contribution in [3.63, 3.8) is 0 Å². The number of fused-ring (bicyclic) bond motifs is 2. The molecule has 1 amide bonds. The van der Waals surface area contributed by atoms with Gasteiger partial charge in [-0.2, -0.15) is 0 Å². The van der Waals surface area contributed by atoms with Crippen molar-refractivity contribution in [2.24, 2.45) is 17.8 Å². The van der Waals surface area contributed by atoms with Crippen molar-refractivity contribution >= 4 is 28.8 Å². The maximum atomic E-state index is 13.1. The molecular weight excluding hydrogens is 504 g/mol. The number of halogens is 1. The Labute approximate surface area is 235 Å². The Morgan fingerprint density at radius 2 is 1.67 bits per heavy atom. The Bertz CT molecular complexity index is 1390. The van der Waals surface area contributed by atoms with Crippen LogP contribution >= 0.6 is 11.6 Å². The van der Waals surface area contributed by atoms with Crippen molar-refractivity contribution in [3.8, 4) is 0 Å². The fourth-order valence-corrected chi connectivity index (χ4v) is 6.85. The van der Waals surface area contributed by atoms with E-state index in [1.807, 2.05) is 24.3 Å². The molecule has 2 aromatic rings. The highest BCUT2D eigenvalue weighted by Gasteiger charge is 2.43. The van der Waals surface area contributed by atoms with Crippen molar-refractivity contribution in [1.82, 2.24) is 20.0 Å². The first-order valence-corrected chi connectivity index (χ1v) is 14.3. The van der Waals surface area contributed by atoms with Gasteiger partial charge in [0.1, 0.15) is 6.17 Å². The number of hydrogen-bond donors (Lipinski definition) is 1. The molecule has 7 rings (SSSR count). The van der Waals surface area contributed by atoms with Crippen LogP contribution in [0.2, 0.25) is 5.02 Å². The van der Waals surface area contributed by atoms with Crippen LogP contribution in [0.4, 0.5) is 0 Å². The minimum absolute atomic E-state index is 0.0104. The molecule has 0 radical (unpaired) electrons. The third-order valence-electron chi connectivity index (χ3n) is 8.71. The minimum atomic E-state index is 0.0104. The van der Waals surface area contributed by atoms with Crippen LogP contribution in [0.3, 0.4) is 0 Å². The smallest absolute Gasteiger partial charge is 0.229 e. The van der Waals surface area contributed by atoms with Gasteiger partial charge >= 0.3 is 0 Å². The summed E-state index contributed by atoms with van der Waals surface area (Å²) in [5.41, 5.74) is 6.03. The van der Waals surface area contributed by atoms with E-state index in [0.717, 1.165) is 55.4 Å². The van der Waals surface area contributed by atoms with Gasteiger partial charge in [0.25, 0.3) is 0 Å². The van der Waals surface area contributed by atoms with Gasteiger partial charge < -0.3 is 15.1 Å². The van der Waals surface area contributed by atoms with Crippen molar-refractivity contribution in [1.29, 1.82) is 0 Å². The first kappa shape index (κ1) is 24.5. The predicted octanol–water partition coefficient (Wildman–Crippen LogP) is 5.37. The summed E-state index contributed by atoms with van der Waals surface area (Å²) in [7, 11) is 0. The molecular formula is C33H33ClN4O. The van der Waals surface area contributed by atoms with Gasteiger partial charge in [0, 0.05) is 43.9 Å². The zero-order valence-corrected chi connectivity index (χ0v) is 22.7. The van der Waals surface area contributed by atoms with E-state index >= 15 is 0 Å². The van der Waals surface area contributed by atoms with E-state index in [9.17, 15) is 4.79 Å². The van der Waals surface area contributed by atoms with Crippen molar-refractivity contribution < 1.29 is 4.79 Å². The van der Waals surface area contributed by atoms with E-state index in [2.05, 4.69) is 93.0 Å². The lowest BCUT2D eigenvalue weighted by molar-refractivity contribution is -0.133. The monoisotopic (exact) mass is 536 g/mol. The molecule has 4 heterocycles. The Morgan fingerprint density at radius 3 is 2.38 bits per heavy atom. The van der Waals surface area contributed by atoms with Crippen LogP contribution in [0.15, 0.2) is 103 Å². The second kappa shape index (κ2) is 10.2. The summed E-state index contributed by atoms with van der Waals surface area (Å²) in [4.78, 5) is 20.2. The van der Waals surface area contributed by atoms with Gasteiger partial charge in [0.15, 0.2) is 0 Å². The normalized spacial score (nSPS) is 27.6. The SMILES string of the molecule is O=C(C1C=CC=CC1)N1CC2CN(CC3=C(c4ccc(Cl)cc4)NC4C=CC(c5ccccc5)=CN34)CC2C1. The fraction of sp³-hybridized carbons (Fsp3) is 0.303. The van der Waals surface area contributed by atoms with Crippen LogP contribution in [0.1, 0.15) is 17.5 Å². The molecule has 2 saturated heterocycles. The number of allylic oxidation sites excluding steroid dienone is 5. The van der Waals surface area contributed by atoms with Gasteiger partial charge in [-0.25, -0.2) is 0 Å². The molecule has 6 heteroatoms. The van der Waals surface area contributed by atoms with Crippen LogP contribution in [-0.4, -0.2) is 59.5 Å². The maximum Gasteiger partial charge on any atom is 0.229 e. The average molecular weight is 537 g/mol. The second-order valence-electron chi connectivity index (χ2n) is 11.2. The highest BCUT2D eigenvalue weighted by atomic mass is 35.5. The number of carbonyl (C=O) groups excluding carboxylic acids is 1. The lowest BCUT2D eigenvalue weighted by Crippen LogP contribution is -2.38. The minimum Gasteiger partial charge on any atom is -0.360 e. The number of benzene rings is 2. The van der Waals surface area contributed by atoms with Crippen LogP contribution < -0.4 is 5.32 Å². The lowest BCUT2D eigenvalue weighted by atomic mass is 9.99. The third kappa shape index (κ3) is 4.75. The predicted molar refractivity (Wildman–Crippen MR) is 157 cm³/mol. The van der Waals surface area contributed by atoms with E-state index in [1.165, 1.54) is 16.8 Å². The summed E-state index contributed by atoms with van der Waals surface area (Å²) >= 11 is 6.23. The van der Waals surface area contributed by atoms with Gasteiger partial charge in [0.05, 0.1) is 17.3 Å². The molecule has 4 aliphatic heterocycles. The fourth-order valence-electron chi connectivity index (χ4n) is 6.72. The molecule has 4 atom stereocenters. The zero-order valence-electron chi connectivity index (χ0n) is 21.9. The van der Waals surface area contributed by atoms with Crippen molar-refractivity contribution in [2.45, 2.75) is 12.6 Å². The van der Waals surface area contributed by atoms with Crippen LogP contribution in [-0.2, 0) is 4.79 Å².